The van der Waals surface area contributed by atoms with E-state index in [1.165, 1.54) is 18.2 Å². The number of aryl methyl sites for hydroxylation is 1. The second-order valence-electron chi connectivity index (χ2n) is 8.44. The third-order valence-corrected chi connectivity index (χ3v) is 5.97. The number of pyridine rings is 1. The van der Waals surface area contributed by atoms with Crippen LogP contribution in [0.5, 0.6) is 0 Å². The van der Waals surface area contributed by atoms with Crippen LogP contribution in [0.3, 0.4) is 0 Å². The minimum Gasteiger partial charge on any atom is -0.319 e. The molecule has 0 bridgehead atoms. The number of fused-ring (bicyclic) bond motifs is 1. The number of carbonyl (C=O) groups excluding carboxylic acids is 1. The summed E-state index contributed by atoms with van der Waals surface area (Å²) >= 11 is 0. The molecule has 1 fully saturated rings. The second-order valence-corrected chi connectivity index (χ2v) is 8.44. The molecule has 4 aromatic rings. The summed E-state index contributed by atoms with van der Waals surface area (Å²) in [5, 5.41) is 7.81. The fourth-order valence-electron chi connectivity index (χ4n) is 4.02. The predicted octanol–water partition coefficient (Wildman–Crippen LogP) is 5.64. The van der Waals surface area contributed by atoms with Crippen LogP contribution in [0.1, 0.15) is 51.8 Å². The summed E-state index contributed by atoms with van der Waals surface area (Å²) in [6.45, 7) is 3.76. The Bertz CT molecular complexity index is 1410. The number of anilines is 1. The minimum absolute atomic E-state index is 0.217. The standard InChI is InChI=1S/C25H21F3N4O/c1-13-24(14(2)32(31-13)12-15-3-7-20(27)21(28)9-15)30-25(33)19-11-23(16-4-5-16)29-22-8-6-17(26)10-18(19)22/h3,6-11,16H,4-5,12H2,1-2H3,(H,30,33). The minimum atomic E-state index is -0.925. The highest BCUT2D eigenvalue weighted by Crippen LogP contribution is 2.40. The van der Waals surface area contributed by atoms with Crippen molar-refractivity contribution < 1.29 is 18.0 Å². The number of benzene rings is 2. The lowest BCUT2D eigenvalue weighted by Crippen LogP contribution is -2.15. The van der Waals surface area contributed by atoms with Gasteiger partial charge in [0, 0.05) is 17.0 Å². The average Bonchev–Trinajstić information content (AvgIpc) is 3.60. The van der Waals surface area contributed by atoms with Gasteiger partial charge in [0.05, 0.1) is 34.7 Å². The number of halogens is 3. The van der Waals surface area contributed by atoms with E-state index in [0.29, 0.717) is 45.0 Å². The molecule has 1 aliphatic rings. The first-order valence-electron chi connectivity index (χ1n) is 10.7. The molecule has 8 heteroatoms. The van der Waals surface area contributed by atoms with Crippen LogP contribution in [0.4, 0.5) is 18.9 Å². The maximum absolute atomic E-state index is 13.9. The van der Waals surface area contributed by atoms with E-state index >= 15 is 0 Å². The van der Waals surface area contributed by atoms with Crippen molar-refractivity contribution in [3.63, 3.8) is 0 Å². The Labute approximate surface area is 188 Å². The fraction of sp³-hybridized carbons (Fsp3) is 0.240. The maximum atomic E-state index is 13.9. The van der Waals surface area contributed by atoms with Crippen LogP contribution in [-0.4, -0.2) is 20.7 Å². The number of rotatable bonds is 5. The Kier molecular flexibility index (Phi) is 5.15. The molecule has 1 N–H and O–H groups in total. The van der Waals surface area contributed by atoms with E-state index in [2.05, 4.69) is 15.4 Å². The molecule has 1 saturated carbocycles. The molecule has 168 valence electrons. The van der Waals surface area contributed by atoms with Crippen molar-refractivity contribution in [3.05, 3.63) is 88.1 Å². The molecule has 0 unspecified atom stereocenters. The lowest BCUT2D eigenvalue weighted by molar-refractivity contribution is 0.102. The van der Waals surface area contributed by atoms with E-state index < -0.39 is 17.5 Å². The number of nitrogens with one attached hydrogen (secondary N) is 1. The predicted molar refractivity (Wildman–Crippen MR) is 119 cm³/mol. The van der Waals surface area contributed by atoms with Crippen LogP contribution in [-0.2, 0) is 6.54 Å². The number of nitrogens with zero attached hydrogens (tertiary/aromatic N) is 3. The van der Waals surface area contributed by atoms with Gasteiger partial charge in [0.15, 0.2) is 11.6 Å². The Hall–Kier alpha value is -3.68. The molecule has 5 nitrogen and oxygen atoms in total. The Morgan fingerprint density at radius 2 is 1.85 bits per heavy atom. The molecule has 2 heterocycles. The molecule has 0 saturated heterocycles. The Balaban J connectivity index is 1.47. The molecule has 0 atom stereocenters. The Morgan fingerprint density at radius 1 is 1.06 bits per heavy atom. The molecule has 0 spiro atoms. The number of aromatic nitrogens is 3. The molecule has 2 aromatic heterocycles. The van der Waals surface area contributed by atoms with Crippen LogP contribution in [0, 0.1) is 31.3 Å². The molecule has 33 heavy (non-hydrogen) atoms. The van der Waals surface area contributed by atoms with Crippen LogP contribution in [0.2, 0.25) is 0 Å². The van der Waals surface area contributed by atoms with Gasteiger partial charge < -0.3 is 5.32 Å². The van der Waals surface area contributed by atoms with Gasteiger partial charge in [-0.3, -0.25) is 14.5 Å². The monoisotopic (exact) mass is 450 g/mol. The van der Waals surface area contributed by atoms with Crippen molar-refractivity contribution >= 4 is 22.5 Å². The number of amides is 1. The van der Waals surface area contributed by atoms with Gasteiger partial charge in [-0.15, -0.1) is 0 Å². The molecule has 1 amide bonds. The van der Waals surface area contributed by atoms with Crippen molar-refractivity contribution in [1.29, 1.82) is 0 Å². The zero-order valence-corrected chi connectivity index (χ0v) is 18.1. The van der Waals surface area contributed by atoms with Gasteiger partial charge in [0.2, 0.25) is 0 Å². The zero-order valence-electron chi connectivity index (χ0n) is 18.1. The van der Waals surface area contributed by atoms with Gasteiger partial charge in [0.1, 0.15) is 5.82 Å². The van der Waals surface area contributed by atoms with Gasteiger partial charge in [-0.05, 0) is 68.7 Å². The molecule has 5 rings (SSSR count). The van der Waals surface area contributed by atoms with E-state index in [-0.39, 0.29) is 12.5 Å². The molecule has 0 radical (unpaired) electrons. The highest BCUT2D eigenvalue weighted by molar-refractivity contribution is 6.12. The highest BCUT2D eigenvalue weighted by atomic mass is 19.2. The first kappa shape index (κ1) is 21.2. The summed E-state index contributed by atoms with van der Waals surface area (Å²) in [6, 6.07) is 9.68. The SMILES string of the molecule is Cc1nn(Cc2ccc(F)c(F)c2)c(C)c1NC(=O)c1cc(C2CC2)nc2ccc(F)cc12. The largest absolute Gasteiger partial charge is 0.319 e. The topological polar surface area (TPSA) is 59.8 Å². The highest BCUT2D eigenvalue weighted by Gasteiger charge is 2.27. The van der Waals surface area contributed by atoms with Crippen LogP contribution in [0.15, 0.2) is 42.5 Å². The quantitative estimate of drug-likeness (QED) is 0.428. The van der Waals surface area contributed by atoms with Crippen molar-refractivity contribution in [2.24, 2.45) is 0 Å². The van der Waals surface area contributed by atoms with E-state index in [1.807, 2.05) is 0 Å². The van der Waals surface area contributed by atoms with Gasteiger partial charge in [0.25, 0.3) is 5.91 Å². The Morgan fingerprint density at radius 3 is 2.58 bits per heavy atom. The van der Waals surface area contributed by atoms with Crippen molar-refractivity contribution in [1.82, 2.24) is 14.8 Å². The molecule has 0 aliphatic heterocycles. The first-order chi connectivity index (χ1) is 15.8. The number of hydrogen-bond acceptors (Lipinski definition) is 3. The summed E-state index contributed by atoms with van der Waals surface area (Å²) in [4.78, 5) is 17.9. The zero-order chi connectivity index (χ0) is 23.3. The van der Waals surface area contributed by atoms with Gasteiger partial charge >= 0.3 is 0 Å². The molecular weight excluding hydrogens is 429 g/mol. The van der Waals surface area contributed by atoms with Crippen LogP contribution >= 0.6 is 0 Å². The maximum Gasteiger partial charge on any atom is 0.256 e. The van der Waals surface area contributed by atoms with Crippen molar-refractivity contribution in [2.45, 2.75) is 39.2 Å². The fourth-order valence-corrected chi connectivity index (χ4v) is 4.02. The number of carbonyl (C=O) groups is 1. The average molecular weight is 450 g/mol. The van der Waals surface area contributed by atoms with Gasteiger partial charge in [-0.25, -0.2) is 13.2 Å². The molecular formula is C25H21F3N4O. The summed E-state index contributed by atoms with van der Waals surface area (Å²) in [5.41, 5.74) is 4.08. The summed E-state index contributed by atoms with van der Waals surface area (Å²) < 4.78 is 42.4. The summed E-state index contributed by atoms with van der Waals surface area (Å²) in [6.07, 6.45) is 2.05. The van der Waals surface area contributed by atoms with E-state index in [4.69, 9.17) is 0 Å². The molecule has 1 aliphatic carbocycles. The molecule has 2 aromatic carbocycles. The van der Waals surface area contributed by atoms with E-state index in [0.717, 1.165) is 30.7 Å². The normalized spacial score (nSPS) is 13.5. The third-order valence-electron chi connectivity index (χ3n) is 5.97. The van der Waals surface area contributed by atoms with Crippen molar-refractivity contribution in [2.75, 3.05) is 5.32 Å². The van der Waals surface area contributed by atoms with Crippen LogP contribution < -0.4 is 5.32 Å². The van der Waals surface area contributed by atoms with Gasteiger partial charge in [-0.2, -0.15) is 5.10 Å². The first-order valence-corrected chi connectivity index (χ1v) is 10.7. The number of hydrogen-bond donors (Lipinski definition) is 1. The van der Waals surface area contributed by atoms with E-state index in [9.17, 15) is 18.0 Å². The summed E-state index contributed by atoms with van der Waals surface area (Å²) in [7, 11) is 0. The van der Waals surface area contributed by atoms with E-state index in [1.54, 1.807) is 30.7 Å². The summed E-state index contributed by atoms with van der Waals surface area (Å²) in [5.74, 6) is -2.33. The lowest BCUT2D eigenvalue weighted by atomic mass is 10.0. The lowest BCUT2D eigenvalue weighted by Gasteiger charge is -2.11. The second kappa shape index (κ2) is 8.03. The third kappa shape index (κ3) is 4.08. The van der Waals surface area contributed by atoms with Crippen LogP contribution in [0.25, 0.3) is 10.9 Å². The van der Waals surface area contributed by atoms with Crippen molar-refractivity contribution in [3.8, 4) is 0 Å². The van der Waals surface area contributed by atoms with Gasteiger partial charge in [-0.1, -0.05) is 6.07 Å². The smallest absolute Gasteiger partial charge is 0.256 e.